The molecule has 0 aliphatic heterocycles. The van der Waals surface area contributed by atoms with Crippen LogP contribution in [-0.2, 0) is 0 Å². The van der Waals surface area contributed by atoms with Crippen molar-refractivity contribution in [3.63, 3.8) is 0 Å². The maximum absolute atomic E-state index is 5.58. The lowest BCUT2D eigenvalue weighted by atomic mass is 9.47. The second-order valence-corrected chi connectivity index (χ2v) is 15.0. The third-order valence-corrected chi connectivity index (χ3v) is 12.6. The van der Waals surface area contributed by atoms with Gasteiger partial charge in [-0.1, -0.05) is 65.3 Å². The fourth-order valence-electron chi connectivity index (χ4n) is 10.1. The number of nitrogens with one attached hydrogen (secondary N) is 2. The molecule has 4 N–H and O–H groups in total. The zero-order chi connectivity index (χ0) is 28.0. The summed E-state index contributed by atoms with van der Waals surface area (Å²) >= 11 is 0. The van der Waals surface area contributed by atoms with Gasteiger partial charge in [-0.2, -0.15) is 0 Å². The Labute approximate surface area is 243 Å². The molecule has 0 radical (unpaired) electrons. The topological polar surface area (TPSA) is 50.1 Å². The monoisotopic (exact) mass is 540 g/mol. The van der Waals surface area contributed by atoms with E-state index in [1.807, 2.05) is 5.57 Å². The smallest absolute Gasteiger partial charge is 0.0105 e. The molecule has 0 aromatic rings. The van der Waals surface area contributed by atoms with E-state index in [1.165, 1.54) is 77.2 Å². The number of hydrogen-bond donors (Lipinski definition) is 3. The number of allylic oxidation sites excluding steroid dienone is 3. The van der Waals surface area contributed by atoms with E-state index in [-0.39, 0.29) is 0 Å². The number of unbranched alkanes of at least 4 members (excludes halogenated alkanes) is 1. The molecule has 0 spiro atoms. The number of fused-ring (bicyclic) bond motifs is 5. The Bertz CT molecular complexity index is 816. The van der Waals surface area contributed by atoms with Crippen molar-refractivity contribution in [3.8, 4) is 0 Å². The van der Waals surface area contributed by atoms with Crippen LogP contribution in [-0.4, -0.2) is 32.2 Å². The molecule has 0 heterocycles. The first kappa shape index (κ1) is 31.3. The van der Waals surface area contributed by atoms with Crippen LogP contribution in [0, 0.1) is 52.3 Å². The molecule has 3 nitrogen and oxygen atoms in total. The van der Waals surface area contributed by atoms with Gasteiger partial charge in [0, 0.05) is 6.04 Å². The largest absolute Gasteiger partial charge is 0.330 e. The summed E-state index contributed by atoms with van der Waals surface area (Å²) in [5.74, 6) is 5.87. The average molecular weight is 540 g/mol. The van der Waals surface area contributed by atoms with Crippen molar-refractivity contribution < 1.29 is 0 Å². The SMILES string of the molecule is CCC(/C=C/[C@@H](C)C1CCC2C3CC=C4CC(NCCCCNCCCN)CCC4(C)C3CCC21C)C(C)C. The lowest BCUT2D eigenvalue weighted by Crippen LogP contribution is -2.51. The van der Waals surface area contributed by atoms with Crippen LogP contribution in [0.2, 0.25) is 0 Å². The van der Waals surface area contributed by atoms with E-state index in [1.54, 1.807) is 0 Å². The first-order valence-corrected chi connectivity index (χ1v) is 17.3. The maximum Gasteiger partial charge on any atom is 0.0105 e. The van der Waals surface area contributed by atoms with E-state index in [2.05, 4.69) is 70.4 Å². The Hall–Kier alpha value is -0.640. The van der Waals surface area contributed by atoms with E-state index >= 15 is 0 Å². The Morgan fingerprint density at radius 1 is 0.949 bits per heavy atom. The summed E-state index contributed by atoms with van der Waals surface area (Å²) < 4.78 is 0. The van der Waals surface area contributed by atoms with Gasteiger partial charge in [0.1, 0.15) is 0 Å². The highest BCUT2D eigenvalue weighted by Gasteiger charge is 2.59. The summed E-state index contributed by atoms with van der Waals surface area (Å²) in [6.07, 6.45) is 24.2. The van der Waals surface area contributed by atoms with E-state index in [4.69, 9.17) is 5.73 Å². The predicted octanol–water partition coefficient (Wildman–Crippen LogP) is 8.12. The summed E-state index contributed by atoms with van der Waals surface area (Å²) in [5, 5.41) is 7.46. The Balaban J connectivity index is 1.32. The lowest BCUT2D eigenvalue weighted by Gasteiger charge is -2.58. The van der Waals surface area contributed by atoms with Crippen molar-refractivity contribution in [2.24, 2.45) is 58.0 Å². The molecule has 224 valence electrons. The molecule has 8 unspecified atom stereocenters. The molecule has 0 aromatic heterocycles. The summed E-state index contributed by atoms with van der Waals surface area (Å²) in [7, 11) is 0. The minimum absolute atomic E-state index is 0.463. The lowest BCUT2D eigenvalue weighted by molar-refractivity contribution is -0.0478. The fourth-order valence-corrected chi connectivity index (χ4v) is 10.1. The van der Waals surface area contributed by atoms with Crippen molar-refractivity contribution >= 4 is 0 Å². The fraction of sp³-hybridized carbons (Fsp3) is 0.889. The summed E-state index contributed by atoms with van der Waals surface area (Å²) in [5.41, 5.74) is 8.42. The molecule has 0 amide bonds. The Morgan fingerprint density at radius 3 is 2.46 bits per heavy atom. The highest BCUT2D eigenvalue weighted by Crippen LogP contribution is 2.67. The predicted molar refractivity (Wildman–Crippen MR) is 170 cm³/mol. The number of rotatable bonds is 14. The van der Waals surface area contributed by atoms with Gasteiger partial charge in [0.15, 0.2) is 0 Å². The second-order valence-electron chi connectivity index (χ2n) is 15.0. The van der Waals surface area contributed by atoms with Gasteiger partial charge in [-0.05, 0) is 155 Å². The quantitative estimate of drug-likeness (QED) is 0.154. The normalized spacial score (nSPS) is 37.8. The molecule has 4 aliphatic rings. The van der Waals surface area contributed by atoms with E-state index in [0.717, 1.165) is 67.5 Å². The van der Waals surface area contributed by atoms with E-state index in [9.17, 15) is 0 Å². The van der Waals surface area contributed by atoms with Crippen LogP contribution < -0.4 is 16.4 Å². The van der Waals surface area contributed by atoms with Crippen molar-refractivity contribution in [3.05, 3.63) is 23.8 Å². The maximum atomic E-state index is 5.58. The highest BCUT2D eigenvalue weighted by atomic mass is 14.9. The van der Waals surface area contributed by atoms with Crippen LogP contribution in [0.1, 0.15) is 119 Å². The molecule has 3 fully saturated rings. The average Bonchev–Trinajstić information content (AvgIpc) is 3.27. The first-order valence-electron chi connectivity index (χ1n) is 17.3. The summed E-state index contributed by atoms with van der Waals surface area (Å²) in [6.45, 7) is 19.2. The Morgan fingerprint density at radius 2 is 1.72 bits per heavy atom. The second kappa shape index (κ2) is 14.0. The van der Waals surface area contributed by atoms with Gasteiger partial charge in [-0.15, -0.1) is 0 Å². The van der Waals surface area contributed by atoms with Crippen LogP contribution in [0.25, 0.3) is 0 Å². The third kappa shape index (κ3) is 6.89. The van der Waals surface area contributed by atoms with Crippen LogP contribution in [0.5, 0.6) is 0 Å². The van der Waals surface area contributed by atoms with Gasteiger partial charge in [0.2, 0.25) is 0 Å². The minimum atomic E-state index is 0.463. The molecule has 0 saturated heterocycles. The molecule has 39 heavy (non-hydrogen) atoms. The summed E-state index contributed by atoms with van der Waals surface area (Å²) in [6, 6.07) is 0.696. The van der Waals surface area contributed by atoms with Gasteiger partial charge in [-0.25, -0.2) is 0 Å². The molecule has 9 atom stereocenters. The molecule has 4 rings (SSSR count). The minimum Gasteiger partial charge on any atom is -0.330 e. The van der Waals surface area contributed by atoms with Crippen LogP contribution in [0.4, 0.5) is 0 Å². The molecule has 0 aromatic carbocycles. The zero-order valence-corrected chi connectivity index (χ0v) is 26.7. The van der Waals surface area contributed by atoms with Crippen LogP contribution >= 0.6 is 0 Å². The number of hydrogen-bond acceptors (Lipinski definition) is 3. The molecule has 4 aliphatic carbocycles. The van der Waals surface area contributed by atoms with E-state index in [0.29, 0.717) is 16.9 Å². The molecular weight excluding hydrogens is 474 g/mol. The summed E-state index contributed by atoms with van der Waals surface area (Å²) in [4.78, 5) is 0. The van der Waals surface area contributed by atoms with Gasteiger partial charge in [0.25, 0.3) is 0 Å². The van der Waals surface area contributed by atoms with Gasteiger partial charge < -0.3 is 16.4 Å². The third-order valence-electron chi connectivity index (χ3n) is 12.6. The van der Waals surface area contributed by atoms with Crippen molar-refractivity contribution in [1.82, 2.24) is 10.6 Å². The molecule has 3 heteroatoms. The van der Waals surface area contributed by atoms with E-state index < -0.39 is 0 Å². The van der Waals surface area contributed by atoms with Gasteiger partial charge in [0.05, 0.1) is 0 Å². The molecule has 3 saturated carbocycles. The van der Waals surface area contributed by atoms with Gasteiger partial charge >= 0.3 is 0 Å². The zero-order valence-electron chi connectivity index (χ0n) is 26.7. The van der Waals surface area contributed by atoms with Crippen LogP contribution in [0.15, 0.2) is 23.8 Å². The standard InChI is InChI=1S/C36H65N3/c1-7-28(26(2)3)12-11-27(4)32-15-16-33-31-14-13-29-25-30(39-24-9-8-22-38-23-10-21-37)17-19-35(29,5)34(31)18-20-36(32,33)6/h11-13,26-28,30-34,38-39H,7-10,14-25,37H2,1-6H3/b12-11+/t27-,28?,30?,31?,32?,33?,34?,35?,36?/m1/s1. The van der Waals surface area contributed by atoms with Crippen LogP contribution in [0.3, 0.4) is 0 Å². The molecular formula is C36H65N3. The van der Waals surface area contributed by atoms with Crippen molar-refractivity contribution in [1.29, 1.82) is 0 Å². The Kier molecular flexibility index (Phi) is 11.2. The highest BCUT2D eigenvalue weighted by molar-refractivity contribution is 5.26. The van der Waals surface area contributed by atoms with Gasteiger partial charge in [-0.3, -0.25) is 0 Å². The van der Waals surface area contributed by atoms with Crippen molar-refractivity contribution in [2.45, 2.75) is 125 Å². The first-order chi connectivity index (χ1) is 18.7. The number of nitrogens with two attached hydrogens (primary N) is 1. The van der Waals surface area contributed by atoms with Crippen molar-refractivity contribution in [2.75, 3.05) is 26.2 Å². The molecule has 0 bridgehead atoms.